The Labute approximate surface area is 126 Å². The number of rotatable bonds is 7. The first-order chi connectivity index (χ1) is 9.97. The van der Waals surface area contributed by atoms with Gasteiger partial charge in [-0.15, -0.1) is 0 Å². The molecule has 1 heterocycles. The summed E-state index contributed by atoms with van der Waals surface area (Å²) in [7, 11) is 0. The van der Waals surface area contributed by atoms with Crippen molar-refractivity contribution in [3.63, 3.8) is 0 Å². The molecular formula is C14H17FN2O3S. The summed E-state index contributed by atoms with van der Waals surface area (Å²) in [4.78, 5) is 15.0. The van der Waals surface area contributed by atoms with Crippen LogP contribution in [-0.4, -0.2) is 39.1 Å². The number of carboxylic acids is 1. The van der Waals surface area contributed by atoms with Gasteiger partial charge in [-0.25, -0.2) is 9.37 Å². The van der Waals surface area contributed by atoms with E-state index in [-0.39, 0.29) is 17.7 Å². The van der Waals surface area contributed by atoms with Crippen LogP contribution in [0.1, 0.15) is 13.8 Å². The molecule has 0 fully saturated rings. The highest BCUT2D eigenvalue weighted by atomic mass is 32.2. The van der Waals surface area contributed by atoms with E-state index in [2.05, 4.69) is 4.98 Å². The van der Waals surface area contributed by atoms with Gasteiger partial charge in [-0.3, -0.25) is 4.79 Å². The van der Waals surface area contributed by atoms with E-state index in [1.165, 1.54) is 12.1 Å². The summed E-state index contributed by atoms with van der Waals surface area (Å²) < 4.78 is 20.7. The van der Waals surface area contributed by atoms with E-state index in [9.17, 15) is 9.18 Å². The van der Waals surface area contributed by atoms with Gasteiger partial charge >= 0.3 is 5.97 Å². The fourth-order valence-corrected chi connectivity index (χ4v) is 2.67. The Kier molecular flexibility index (Phi) is 5.19. The van der Waals surface area contributed by atoms with Crippen LogP contribution in [0.5, 0.6) is 0 Å². The normalized spacial score (nSPS) is 11.4. The lowest BCUT2D eigenvalue weighted by Crippen LogP contribution is -2.11. The van der Waals surface area contributed by atoms with Gasteiger partial charge in [-0.1, -0.05) is 11.8 Å². The van der Waals surface area contributed by atoms with Crippen LogP contribution >= 0.6 is 11.8 Å². The first-order valence-electron chi connectivity index (χ1n) is 6.59. The van der Waals surface area contributed by atoms with Crippen molar-refractivity contribution < 1.29 is 19.0 Å². The molecule has 0 spiro atoms. The number of carbonyl (C=O) groups is 1. The van der Waals surface area contributed by atoms with Crippen LogP contribution in [-0.2, 0) is 16.1 Å². The second-order valence-corrected chi connectivity index (χ2v) is 5.72. The molecule has 2 rings (SSSR count). The Morgan fingerprint density at radius 1 is 1.52 bits per heavy atom. The third kappa shape index (κ3) is 4.18. The number of ether oxygens (including phenoxy) is 1. The molecule has 114 valence electrons. The van der Waals surface area contributed by atoms with E-state index in [0.29, 0.717) is 23.8 Å². The van der Waals surface area contributed by atoms with Crippen molar-refractivity contribution in [2.75, 3.05) is 12.4 Å². The highest BCUT2D eigenvalue weighted by molar-refractivity contribution is 7.99. The highest BCUT2D eigenvalue weighted by Crippen LogP contribution is 2.24. The SMILES string of the molecule is CC(C)OCCn1c(SCC(=O)O)nc2cc(F)ccc21. The Balaban J connectivity index is 2.27. The lowest BCUT2D eigenvalue weighted by molar-refractivity contribution is -0.133. The van der Waals surface area contributed by atoms with Crippen LogP contribution in [0.4, 0.5) is 4.39 Å². The second kappa shape index (κ2) is 6.91. The van der Waals surface area contributed by atoms with E-state index in [1.54, 1.807) is 6.07 Å². The summed E-state index contributed by atoms with van der Waals surface area (Å²) in [5.74, 6) is -1.36. The summed E-state index contributed by atoms with van der Waals surface area (Å²) in [6.07, 6.45) is 0.118. The first kappa shape index (κ1) is 15.8. The summed E-state index contributed by atoms with van der Waals surface area (Å²) in [5.41, 5.74) is 1.30. The third-order valence-corrected chi connectivity index (χ3v) is 3.73. The molecule has 21 heavy (non-hydrogen) atoms. The number of imidazole rings is 1. The summed E-state index contributed by atoms with van der Waals surface area (Å²) in [5, 5.41) is 9.35. The minimum atomic E-state index is -0.914. The van der Waals surface area contributed by atoms with Gasteiger partial charge < -0.3 is 14.4 Å². The zero-order valence-electron chi connectivity index (χ0n) is 11.9. The van der Waals surface area contributed by atoms with Gasteiger partial charge in [-0.05, 0) is 26.0 Å². The third-order valence-electron chi connectivity index (χ3n) is 2.77. The summed E-state index contributed by atoms with van der Waals surface area (Å²) >= 11 is 1.12. The van der Waals surface area contributed by atoms with Crippen molar-refractivity contribution in [1.82, 2.24) is 9.55 Å². The average Bonchev–Trinajstić information content (AvgIpc) is 2.73. The van der Waals surface area contributed by atoms with Crippen molar-refractivity contribution in [3.8, 4) is 0 Å². The van der Waals surface area contributed by atoms with Gasteiger partial charge in [0.15, 0.2) is 5.16 Å². The fraction of sp³-hybridized carbons (Fsp3) is 0.429. The van der Waals surface area contributed by atoms with Gasteiger partial charge in [0.1, 0.15) is 5.82 Å². The largest absolute Gasteiger partial charge is 0.481 e. The van der Waals surface area contributed by atoms with Crippen LogP contribution in [0.3, 0.4) is 0 Å². The maximum Gasteiger partial charge on any atom is 0.313 e. The number of nitrogens with zero attached hydrogens (tertiary/aromatic N) is 2. The minimum Gasteiger partial charge on any atom is -0.481 e. The molecule has 0 aliphatic heterocycles. The van der Waals surface area contributed by atoms with Crippen LogP contribution in [0.25, 0.3) is 11.0 Å². The van der Waals surface area contributed by atoms with E-state index in [1.807, 2.05) is 18.4 Å². The molecule has 0 radical (unpaired) electrons. The van der Waals surface area contributed by atoms with E-state index < -0.39 is 5.97 Å². The van der Waals surface area contributed by atoms with E-state index in [0.717, 1.165) is 17.3 Å². The monoisotopic (exact) mass is 312 g/mol. The number of thioether (sulfide) groups is 1. The van der Waals surface area contributed by atoms with Gasteiger partial charge in [0.2, 0.25) is 0 Å². The maximum absolute atomic E-state index is 13.3. The molecule has 0 bridgehead atoms. The number of hydrogen-bond donors (Lipinski definition) is 1. The Morgan fingerprint density at radius 3 is 2.95 bits per heavy atom. The van der Waals surface area contributed by atoms with Gasteiger partial charge in [0.05, 0.1) is 29.5 Å². The highest BCUT2D eigenvalue weighted by Gasteiger charge is 2.13. The Hall–Kier alpha value is -1.60. The minimum absolute atomic E-state index is 0.0865. The molecular weight excluding hydrogens is 295 g/mol. The van der Waals surface area contributed by atoms with Gasteiger partial charge in [-0.2, -0.15) is 0 Å². The predicted octanol–water partition coefficient (Wildman–Crippen LogP) is 2.78. The topological polar surface area (TPSA) is 64.3 Å². The molecule has 0 unspecified atom stereocenters. The van der Waals surface area contributed by atoms with Crippen molar-refractivity contribution >= 4 is 28.8 Å². The first-order valence-corrected chi connectivity index (χ1v) is 7.58. The van der Waals surface area contributed by atoms with Crippen molar-refractivity contribution in [3.05, 3.63) is 24.0 Å². The van der Waals surface area contributed by atoms with Crippen LogP contribution in [0.2, 0.25) is 0 Å². The molecule has 7 heteroatoms. The molecule has 0 amide bonds. The fourth-order valence-electron chi connectivity index (χ4n) is 1.91. The van der Waals surface area contributed by atoms with Gasteiger partial charge in [0.25, 0.3) is 0 Å². The number of hydrogen-bond acceptors (Lipinski definition) is 4. The van der Waals surface area contributed by atoms with E-state index >= 15 is 0 Å². The molecule has 5 nitrogen and oxygen atoms in total. The summed E-state index contributed by atoms with van der Waals surface area (Å²) in [6, 6.07) is 4.37. The van der Waals surface area contributed by atoms with E-state index in [4.69, 9.17) is 9.84 Å². The quantitative estimate of drug-likeness (QED) is 0.796. The van der Waals surface area contributed by atoms with Crippen LogP contribution in [0.15, 0.2) is 23.4 Å². The lowest BCUT2D eigenvalue weighted by atomic mass is 10.3. The standard InChI is InChI=1S/C14H17FN2O3S/c1-9(2)20-6-5-17-12-4-3-10(15)7-11(12)16-14(17)21-8-13(18)19/h3-4,7,9H,5-6,8H2,1-2H3,(H,18,19). The molecule has 1 N–H and O–H groups in total. The predicted molar refractivity (Wildman–Crippen MR) is 79.1 cm³/mol. The molecule has 1 aromatic heterocycles. The molecule has 0 atom stereocenters. The number of carboxylic acid groups (broad SMARTS) is 1. The number of aliphatic carboxylic acids is 1. The Bertz CT molecular complexity index is 642. The lowest BCUT2D eigenvalue weighted by Gasteiger charge is -2.11. The number of benzene rings is 1. The van der Waals surface area contributed by atoms with Crippen molar-refractivity contribution in [1.29, 1.82) is 0 Å². The number of halogens is 1. The molecule has 2 aromatic rings. The average molecular weight is 312 g/mol. The maximum atomic E-state index is 13.3. The van der Waals surface area contributed by atoms with Crippen molar-refractivity contribution in [2.45, 2.75) is 31.7 Å². The zero-order chi connectivity index (χ0) is 15.4. The Morgan fingerprint density at radius 2 is 2.29 bits per heavy atom. The number of aromatic nitrogens is 2. The second-order valence-electron chi connectivity index (χ2n) is 4.78. The zero-order valence-corrected chi connectivity index (χ0v) is 12.7. The molecule has 0 aliphatic carbocycles. The van der Waals surface area contributed by atoms with Crippen LogP contribution < -0.4 is 0 Å². The number of fused-ring (bicyclic) bond motifs is 1. The smallest absolute Gasteiger partial charge is 0.313 e. The van der Waals surface area contributed by atoms with Crippen molar-refractivity contribution in [2.24, 2.45) is 0 Å². The molecule has 0 aliphatic rings. The summed E-state index contributed by atoms with van der Waals surface area (Å²) in [6.45, 7) is 4.92. The molecule has 0 saturated heterocycles. The molecule has 1 aromatic carbocycles. The van der Waals surface area contributed by atoms with Crippen LogP contribution in [0, 0.1) is 5.82 Å². The molecule has 0 saturated carbocycles. The van der Waals surface area contributed by atoms with Gasteiger partial charge in [0, 0.05) is 12.6 Å².